The van der Waals surface area contributed by atoms with Crippen LogP contribution in [-0.2, 0) is 16.1 Å². The number of hydrogen-bond donors (Lipinski definition) is 2. The number of carbonyl (C=O) groups excluding carboxylic acids is 4. The summed E-state index contributed by atoms with van der Waals surface area (Å²) in [6.07, 6.45) is 3.76. The van der Waals surface area contributed by atoms with Gasteiger partial charge in [-0.05, 0) is 56.4 Å². The molecule has 170 valence electrons. The molecule has 3 heterocycles. The summed E-state index contributed by atoms with van der Waals surface area (Å²) in [5.41, 5.74) is 2.11. The van der Waals surface area contributed by atoms with Crippen molar-refractivity contribution in [2.24, 2.45) is 0 Å². The van der Waals surface area contributed by atoms with Crippen LogP contribution in [0.15, 0.2) is 24.3 Å². The molecule has 2 aliphatic heterocycles. The van der Waals surface area contributed by atoms with Crippen LogP contribution in [0.4, 0.5) is 5.95 Å². The molecule has 1 saturated carbocycles. The number of aryl methyl sites for hydroxylation is 1. The number of nitrogens with zero attached hydrogens (tertiary/aromatic N) is 3. The van der Waals surface area contributed by atoms with Crippen molar-refractivity contribution in [1.82, 2.24) is 20.2 Å². The molecule has 0 bridgehead atoms. The van der Waals surface area contributed by atoms with Crippen molar-refractivity contribution >= 4 is 29.6 Å². The van der Waals surface area contributed by atoms with Gasteiger partial charge in [-0.2, -0.15) is 4.98 Å². The van der Waals surface area contributed by atoms with Crippen LogP contribution in [0.25, 0.3) is 0 Å². The van der Waals surface area contributed by atoms with E-state index in [1.165, 1.54) is 4.90 Å². The number of imide groups is 1. The van der Waals surface area contributed by atoms with Crippen molar-refractivity contribution in [1.29, 1.82) is 0 Å². The number of amides is 4. The van der Waals surface area contributed by atoms with Crippen molar-refractivity contribution < 1.29 is 23.9 Å². The summed E-state index contributed by atoms with van der Waals surface area (Å²) in [7, 11) is 0. The highest BCUT2D eigenvalue weighted by molar-refractivity contribution is 6.07. The van der Waals surface area contributed by atoms with Gasteiger partial charge in [0.25, 0.3) is 11.8 Å². The minimum Gasteiger partial charge on any atom is -0.474 e. The van der Waals surface area contributed by atoms with Crippen LogP contribution < -0.4 is 15.4 Å². The standard InChI is InChI=1S/C23H23N5O5/c1-12-9-19(33-15-3-2-4-15)26-23(24-12)27-20(30)13-5-6-16-14(10-13)11-28(22(16)32)17-7-8-18(29)25-21(17)31/h5-6,9-10,15,17H,2-4,7-8,11H2,1H3,(H,25,29,31)(H,24,26,27,30). The fourth-order valence-corrected chi connectivity index (χ4v) is 4.20. The Hall–Kier alpha value is -3.82. The van der Waals surface area contributed by atoms with E-state index >= 15 is 0 Å². The zero-order valence-electron chi connectivity index (χ0n) is 18.1. The highest BCUT2D eigenvalue weighted by Gasteiger charge is 2.39. The first kappa shape index (κ1) is 21.0. The summed E-state index contributed by atoms with van der Waals surface area (Å²) in [5.74, 6) is -0.921. The number of fused-ring (bicyclic) bond motifs is 1. The van der Waals surface area contributed by atoms with Gasteiger partial charge < -0.3 is 9.64 Å². The van der Waals surface area contributed by atoms with Crippen LogP contribution in [0.1, 0.15) is 64.1 Å². The molecule has 2 aromatic rings. The number of hydrogen-bond acceptors (Lipinski definition) is 7. The average molecular weight is 449 g/mol. The van der Waals surface area contributed by atoms with Gasteiger partial charge in [0, 0.05) is 35.9 Å². The Bertz CT molecular complexity index is 1180. The second-order valence-electron chi connectivity index (χ2n) is 8.57. The predicted octanol–water partition coefficient (Wildman–Crippen LogP) is 1.73. The Morgan fingerprint density at radius 3 is 2.70 bits per heavy atom. The summed E-state index contributed by atoms with van der Waals surface area (Å²) in [6, 6.07) is 5.81. The van der Waals surface area contributed by atoms with E-state index in [1.54, 1.807) is 31.2 Å². The van der Waals surface area contributed by atoms with Gasteiger partial charge in [-0.1, -0.05) is 0 Å². The monoisotopic (exact) mass is 449 g/mol. The molecule has 0 radical (unpaired) electrons. The van der Waals surface area contributed by atoms with E-state index in [9.17, 15) is 19.2 Å². The van der Waals surface area contributed by atoms with Crippen molar-refractivity contribution in [3.8, 4) is 5.88 Å². The first-order chi connectivity index (χ1) is 15.9. The van der Waals surface area contributed by atoms with Gasteiger partial charge in [0.15, 0.2) is 0 Å². The molecular weight excluding hydrogens is 426 g/mol. The molecule has 4 amide bonds. The normalized spacial score (nSPS) is 20.2. The van der Waals surface area contributed by atoms with Crippen LogP contribution in [0, 0.1) is 6.92 Å². The maximum absolute atomic E-state index is 12.8. The SMILES string of the molecule is Cc1cc(OC2CCC2)nc(NC(=O)c2ccc3c(c2)CN(C2CCC(=O)NC2=O)C3=O)n1. The summed E-state index contributed by atoms with van der Waals surface area (Å²) in [6.45, 7) is 2.00. The minimum absolute atomic E-state index is 0.149. The van der Waals surface area contributed by atoms with Gasteiger partial charge in [-0.25, -0.2) is 4.98 Å². The zero-order chi connectivity index (χ0) is 23.1. The van der Waals surface area contributed by atoms with E-state index in [1.807, 2.05) is 0 Å². The largest absolute Gasteiger partial charge is 0.474 e. The number of aromatic nitrogens is 2. The second-order valence-corrected chi connectivity index (χ2v) is 8.57. The zero-order valence-corrected chi connectivity index (χ0v) is 18.1. The molecule has 5 rings (SSSR count). The molecule has 1 unspecified atom stereocenters. The molecule has 3 aliphatic rings. The first-order valence-corrected chi connectivity index (χ1v) is 11.0. The lowest BCUT2D eigenvalue weighted by atomic mass is 9.96. The molecule has 2 N–H and O–H groups in total. The fourth-order valence-electron chi connectivity index (χ4n) is 4.20. The Labute approximate surface area is 189 Å². The van der Waals surface area contributed by atoms with Crippen LogP contribution in [0.2, 0.25) is 0 Å². The smallest absolute Gasteiger partial charge is 0.258 e. The Kier molecular flexibility index (Phi) is 5.27. The van der Waals surface area contributed by atoms with Crippen molar-refractivity contribution in [2.75, 3.05) is 5.32 Å². The molecule has 0 spiro atoms. The summed E-state index contributed by atoms with van der Waals surface area (Å²) in [4.78, 5) is 59.3. The van der Waals surface area contributed by atoms with Crippen LogP contribution in [0.5, 0.6) is 5.88 Å². The van der Waals surface area contributed by atoms with Crippen molar-refractivity contribution in [3.05, 3.63) is 46.6 Å². The number of piperidine rings is 1. The van der Waals surface area contributed by atoms with E-state index in [4.69, 9.17) is 4.74 Å². The highest BCUT2D eigenvalue weighted by Crippen LogP contribution is 2.29. The van der Waals surface area contributed by atoms with E-state index < -0.39 is 17.9 Å². The summed E-state index contributed by atoms with van der Waals surface area (Å²) < 4.78 is 5.82. The number of ether oxygens (including phenoxy) is 1. The van der Waals surface area contributed by atoms with Crippen LogP contribution >= 0.6 is 0 Å². The summed E-state index contributed by atoms with van der Waals surface area (Å²) >= 11 is 0. The Morgan fingerprint density at radius 1 is 1.15 bits per heavy atom. The average Bonchev–Trinajstić information content (AvgIpc) is 3.06. The maximum atomic E-state index is 12.8. The van der Waals surface area contributed by atoms with Crippen LogP contribution in [-0.4, -0.2) is 50.6 Å². The third kappa shape index (κ3) is 4.15. The third-order valence-electron chi connectivity index (χ3n) is 6.18. The van der Waals surface area contributed by atoms with E-state index in [-0.39, 0.29) is 43.3 Å². The highest BCUT2D eigenvalue weighted by atomic mass is 16.5. The molecule has 33 heavy (non-hydrogen) atoms. The number of rotatable bonds is 5. The lowest BCUT2D eigenvalue weighted by Crippen LogP contribution is -2.52. The molecular formula is C23H23N5O5. The molecule has 2 fully saturated rings. The molecule has 10 heteroatoms. The summed E-state index contributed by atoms with van der Waals surface area (Å²) in [5, 5.41) is 4.97. The first-order valence-electron chi connectivity index (χ1n) is 11.0. The minimum atomic E-state index is -0.699. The van der Waals surface area contributed by atoms with Crippen molar-refractivity contribution in [3.63, 3.8) is 0 Å². The van der Waals surface area contributed by atoms with Gasteiger partial charge in [0.2, 0.25) is 23.6 Å². The lowest BCUT2D eigenvalue weighted by Gasteiger charge is -2.29. The third-order valence-corrected chi connectivity index (χ3v) is 6.18. The van der Waals surface area contributed by atoms with Crippen LogP contribution in [0.3, 0.4) is 0 Å². The molecule has 10 nitrogen and oxygen atoms in total. The molecule has 1 aromatic carbocycles. The second kappa shape index (κ2) is 8.27. The van der Waals surface area contributed by atoms with E-state index in [2.05, 4.69) is 20.6 Å². The quantitative estimate of drug-likeness (QED) is 0.665. The van der Waals surface area contributed by atoms with Gasteiger partial charge in [-0.3, -0.25) is 29.8 Å². The maximum Gasteiger partial charge on any atom is 0.258 e. The fraction of sp³-hybridized carbons (Fsp3) is 0.391. The van der Waals surface area contributed by atoms with Gasteiger partial charge in [-0.15, -0.1) is 0 Å². The number of anilines is 1. The molecule has 1 aliphatic carbocycles. The number of carbonyl (C=O) groups is 4. The number of nitrogens with one attached hydrogen (secondary N) is 2. The topological polar surface area (TPSA) is 131 Å². The van der Waals surface area contributed by atoms with E-state index in [0.29, 0.717) is 28.3 Å². The van der Waals surface area contributed by atoms with Gasteiger partial charge in [0.05, 0.1) is 0 Å². The Morgan fingerprint density at radius 2 is 1.97 bits per heavy atom. The predicted molar refractivity (Wildman–Crippen MR) is 115 cm³/mol. The molecule has 1 aromatic heterocycles. The number of benzene rings is 1. The van der Waals surface area contributed by atoms with Gasteiger partial charge in [0.1, 0.15) is 12.1 Å². The molecule has 1 saturated heterocycles. The lowest BCUT2D eigenvalue weighted by molar-refractivity contribution is -0.136. The van der Waals surface area contributed by atoms with E-state index in [0.717, 1.165) is 19.3 Å². The van der Waals surface area contributed by atoms with Gasteiger partial charge >= 0.3 is 0 Å². The van der Waals surface area contributed by atoms with Crippen molar-refractivity contribution in [2.45, 2.75) is 57.7 Å². The Balaban J connectivity index is 1.30. The molecule has 1 atom stereocenters.